The maximum absolute atomic E-state index is 12.5. The second kappa shape index (κ2) is 6.68. The van der Waals surface area contributed by atoms with Crippen LogP contribution in [0.25, 0.3) is 0 Å². The molecule has 0 bridgehead atoms. The molecule has 1 saturated heterocycles. The largest absolute Gasteiger partial charge is 0.494 e. The van der Waals surface area contributed by atoms with Gasteiger partial charge >= 0.3 is 0 Å². The number of aryl methyl sites for hydroxylation is 1. The van der Waals surface area contributed by atoms with Gasteiger partial charge in [0.25, 0.3) is 5.56 Å². The van der Waals surface area contributed by atoms with E-state index in [-0.39, 0.29) is 22.3 Å². The van der Waals surface area contributed by atoms with Crippen LogP contribution < -0.4 is 5.56 Å². The summed E-state index contributed by atoms with van der Waals surface area (Å²) in [6, 6.07) is 7.83. The summed E-state index contributed by atoms with van der Waals surface area (Å²) in [5.74, 6) is -0.144. The van der Waals surface area contributed by atoms with Crippen LogP contribution in [0.1, 0.15) is 42.0 Å². The normalized spacial score (nSPS) is 17.1. The molecule has 1 aromatic carbocycles. The van der Waals surface area contributed by atoms with Gasteiger partial charge in [0.1, 0.15) is 0 Å². The first-order chi connectivity index (χ1) is 11.1. The zero-order valence-electron chi connectivity index (χ0n) is 13.1. The predicted molar refractivity (Wildman–Crippen MR) is 92.4 cm³/mol. The highest BCUT2D eigenvalue weighted by Gasteiger charge is 2.29. The number of rotatable bonds is 3. The second-order valence-corrected chi connectivity index (χ2v) is 6.49. The van der Waals surface area contributed by atoms with E-state index in [2.05, 4.69) is 14.9 Å². The van der Waals surface area contributed by atoms with Crippen LogP contribution in [-0.2, 0) is 0 Å². The lowest BCUT2D eigenvalue weighted by Crippen LogP contribution is -2.37. The van der Waals surface area contributed by atoms with Gasteiger partial charge in [0.05, 0.1) is 11.6 Å². The third-order valence-corrected chi connectivity index (χ3v) is 4.59. The Labute approximate surface area is 140 Å². The van der Waals surface area contributed by atoms with Gasteiger partial charge in [-0.3, -0.25) is 14.7 Å². The number of nitrogens with zero attached hydrogens (tertiary/aromatic N) is 1. The summed E-state index contributed by atoms with van der Waals surface area (Å²) < 4.78 is 0.137. The van der Waals surface area contributed by atoms with E-state index in [0.29, 0.717) is 5.56 Å². The van der Waals surface area contributed by atoms with Gasteiger partial charge in [-0.05, 0) is 50.6 Å². The van der Waals surface area contributed by atoms with E-state index in [9.17, 15) is 9.90 Å². The number of piperidine rings is 1. The standard InChI is InChI=1S/C17H21N3O2S/c1-11-5-7-12(8-6-11)14(20-9-3-2-4-10-20)13-15(21)18-17(23)19-16(13)22/h5-8,14H,2-4,9-10H2,1H3,(H3,18,19,21,22,23)/t14-/m1/s1. The van der Waals surface area contributed by atoms with E-state index in [1.165, 1.54) is 6.42 Å². The third kappa shape index (κ3) is 3.38. The smallest absolute Gasteiger partial charge is 0.260 e. The molecule has 1 aliphatic rings. The monoisotopic (exact) mass is 331 g/mol. The van der Waals surface area contributed by atoms with Crippen LogP contribution >= 0.6 is 12.2 Å². The highest BCUT2D eigenvalue weighted by Crippen LogP contribution is 2.32. The van der Waals surface area contributed by atoms with Gasteiger partial charge in [0.2, 0.25) is 5.88 Å². The molecule has 0 amide bonds. The van der Waals surface area contributed by atoms with Crippen molar-refractivity contribution in [2.75, 3.05) is 13.1 Å². The predicted octanol–water partition coefficient (Wildman–Crippen LogP) is 3.02. The molecule has 3 rings (SSSR count). The first kappa shape index (κ1) is 16.0. The topological polar surface area (TPSA) is 72.1 Å². The highest BCUT2D eigenvalue weighted by molar-refractivity contribution is 7.71. The van der Waals surface area contributed by atoms with Crippen LogP contribution in [0.5, 0.6) is 5.88 Å². The maximum atomic E-state index is 12.5. The summed E-state index contributed by atoms with van der Waals surface area (Å²) in [6.07, 6.45) is 3.41. The van der Waals surface area contributed by atoms with Crippen molar-refractivity contribution in [3.05, 3.63) is 56.1 Å². The number of likely N-dealkylation sites (tertiary alicyclic amines) is 1. The van der Waals surface area contributed by atoms with Crippen molar-refractivity contribution in [2.45, 2.75) is 32.2 Å². The Balaban J connectivity index is 2.13. The maximum Gasteiger partial charge on any atom is 0.260 e. The van der Waals surface area contributed by atoms with E-state index in [1.807, 2.05) is 31.2 Å². The molecule has 0 aliphatic carbocycles. The number of nitrogens with one attached hydrogen (secondary N) is 2. The molecule has 1 fully saturated rings. The van der Waals surface area contributed by atoms with Crippen molar-refractivity contribution in [3.8, 4) is 5.88 Å². The van der Waals surface area contributed by atoms with E-state index in [1.54, 1.807) is 0 Å². The van der Waals surface area contributed by atoms with E-state index in [0.717, 1.165) is 37.1 Å². The molecule has 1 aliphatic heterocycles. The van der Waals surface area contributed by atoms with Crippen LogP contribution in [0.3, 0.4) is 0 Å². The fourth-order valence-electron chi connectivity index (χ4n) is 3.22. The number of aromatic amines is 2. The van der Waals surface area contributed by atoms with Crippen molar-refractivity contribution in [1.82, 2.24) is 14.9 Å². The number of aromatic hydroxyl groups is 1. The lowest BCUT2D eigenvalue weighted by Gasteiger charge is -2.34. The summed E-state index contributed by atoms with van der Waals surface area (Å²) in [4.78, 5) is 20.0. The molecule has 0 spiro atoms. The Bertz CT molecular complexity index is 789. The molecule has 0 radical (unpaired) electrons. The van der Waals surface area contributed by atoms with Gasteiger partial charge in [0.15, 0.2) is 4.77 Å². The highest BCUT2D eigenvalue weighted by atomic mass is 32.1. The summed E-state index contributed by atoms with van der Waals surface area (Å²) in [6.45, 7) is 3.85. The van der Waals surface area contributed by atoms with E-state index >= 15 is 0 Å². The molecule has 0 saturated carbocycles. The Hall–Kier alpha value is -1.92. The van der Waals surface area contributed by atoms with Crippen LogP contribution in [0, 0.1) is 11.7 Å². The minimum absolute atomic E-state index is 0.137. The zero-order chi connectivity index (χ0) is 16.4. The van der Waals surface area contributed by atoms with Gasteiger partial charge in [-0.2, -0.15) is 0 Å². The molecule has 6 heteroatoms. The Morgan fingerprint density at radius 2 is 1.78 bits per heavy atom. The van der Waals surface area contributed by atoms with Gasteiger partial charge < -0.3 is 10.1 Å². The average molecular weight is 331 g/mol. The molecule has 2 heterocycles. The molecule has 1 aromatic heterocycles. The molecule has 23 heavy (non-hydrogen) atoms. The first-order valence-corrected chi connectivity index (χ1v) is 8.33. The SMILES string of the molecule is Cc1ccc([C@H](c2c(O)[nH]c(=S)[nH]c2=O)N2CCCCC2)cc1. The Morgan fingerprint density at radius 3 is 2.39 bits per heavy atom. The van der Waals surface area contributed by atoms with Crippen LogP contribution in [0.2, 0.25) is 0 Å². The zero-order valence-corrected chi connectivity index (χ0v) is 13.9. The Morgan fingerprint density at radius 1 is 1.13 bits per heavy atom. The van der Waals surface area contributed by atoms with Crippen LogP contribution in [-0.4, -0.2) is 33.1 Å². The Kier molecular flexibility index (Phi) is 4.63. The van der Waals surface area contributed by atoms with Crippen molar-refractivity contribution in [3.63, 3.8) is 0 Å². The summed E-state index contributed by atoms with van der Waals surface area (Å²) in [5, 5.41) is 10.3. The van der Waals surface area contributed by atoms with Crippen molar-refractivity contribution < 1.29 is 5.11 Å². The van der Waals surface area contributed by atoms with Gasteiger partial charge in [-0.25, -0.2) is 0 Å². The van der Waals surface area contributed by atoms with Gasteiger partial charge in [-0.1, -0.05) is 36.2 Å². The lowest BCUT2D eigenvalue weighted by molar-refractivity contribution is 0.183. The molecule has 0 unspecified atom stereocenters. The average Bonchev–Trinajstić information content (AvgIpc) is 2.53. The molecule has 2 aromatic rings. The van der Waals surface area contributed by atoms with Crippen molar-refractivity contribution >= 4 is 12.2 Å². The quantitative estimate of drug-likeness (QED) is 0.756. The fraction of sp³-hybridized carbons (Fsp3) is 0.412. The molecule has 1 atom stereocenters. The first-order valence-electron chi connectivity index (χ1n) is 7.92. The second-order valence-electron chi connectivity index (χ2n) is 6.08. The number of H-pyrrole nitrogens is 2. The van der Waals surface area contributed by atoms with E-state index in [4.69, 9.17) is 12.2 Å². The molecule has 122 valence electrons. The lowest BCUT2D eigenvalue weighted by atomic mass is 9.95. The van der Waals surface area contributed by atoms with Gasteiger partial charge in [-0.15, -0.1) is 0 Å². The third-order valence-electron chi connectivity index (χ3n) is 4.38. The fourth-order valence-corrected chi connectivity index (χ4v) is 3.41. The van der Waals surface area contributed by atoms with E-state index < -0.39 is 0 Å². The summed E-state index contributed by atoms with van der Waals surface area (Å²) in [5.41, 5.74) is 2.17. The molecular formula is C17H21N3O2S. The minimum atomic E-state index is -0.331. The number of hydrogen-bond acceptors (Lipinski definition) is 4. The number of aromatic nitrogens is 2. The summed E-state index contributed by atoms with van der Waals surface area (Å²) >= 11 is 4.94. The minimum Gasteiger partial charge on any atom is -0.494 e. The molecular weight excluding hydrogens is 310 g/mol. The number of hydrogen-bond donors (Lipinski definition) is 3. The summed E-state index contributed by atoms with van der Waals surface area (Å²) in [7, 11) is 0. The number of benzene rings is 1. The van der Waals surface area contributed by atoms with Crippen molar-refractivity contribution in [2.24, 2.45) is 0 Å². The van der Waals surface area contributed by atoms with Gasteiger partial charge in [0, 0.05) is 0 Å². The molecule has 5 nitrogen and oxygen atoms in total. The van der Waals surface area contributed by atoms with Crippen LogP contribution in [0.4, 0.5) is 0 Å². The van der Waals surface area contributed by atoms with Crippen LogP contribution in [0.15, 0.2) is 29.1 Å². The molecule has 3 N–H and O–H groups in total. The van der Waals surface area contributed by atoms with Crippen molar-refractivity contribution in [1.29, 1.82) is 0 Å².